The second kappa shape index (κ2) is 6.16. The number of aromatic nitrogens is 2. The van der Waals surface area contributed by atoms with E-state index in [1.807, 2.05) is 12.1 Å². The summed E-state index contributed by atoms with van der Waals surface area (Å²) in [5.41, 5.74) is 1.95. The first-order valence-electron chi connectivity index (χ1n) is 7.72. The first kappa shape index (κ1) is 15.6. The molecular formula is C17H16BrN3O3. The number of fused-ring (bicyclic) bond motifs is 1. The predicted octanol–water partition coefficient (Wildman–Crippen LogP) is 3.02. The molecule has 3 aromatic rings. The van der Waals surface area contributed by atoms with Gasteiger partial charge in [-0.05, 0) is 52.0 Å². The summed E-state index contributed by atoms with van der Waals surface area (Å²) < 4.78 is 11.7. The van der Waals surface area contributed by atoms with Gasteiger partial charge in [0, 0.05) is 0 Å². The minimum atomic E-state index is -0.459. The zero-order chi connectivity index (χ0) is 16.6. The van der Waals surface area contributed by atoms with Crippen LogP contribution in [0, 0.1) is 0 Å². The number of hydrogen-bond acceptors (Lipinski definition) is 6. The van der Waals surface area contributed by atoms with Crippen molar-refractivity contribution < 1.29 is 13.9 Å². The number of hydrogen-bond donors (Lipinski definition) is 2. The second-order valence-corrected chi connectivity index (χ2v) is 6.64. The molecular weight excluding hydrogens is 374 g/mol. The summed E-state index contributed by atoms with van der Waals surface area (Å²) in [7, 11) is 0. The third kappa shape index (κ3) is 2.68. The molecule has 1 aliphatic carbocycles. The minimum Gasteiger partial charge on any atom is -0.444 e. The lowest BCUT2D eigenvalue weighted by atomic mass is 9.92. The fourth-order valence-corrected chi connectivity index (χ4v) is 3.50. The van der Waals surface area contributed by atoms with Crippen LogP contribution in [0.1, 0.15) is 23.4 Å². The van der Waals surface area contributed by atoms with Gasteiger partial charge >= 0.3 is 0 Å². The van der Waals surface area contributed by atoms with E-state index in [-0.39, 0.29) is 6.61 Å². The highest BCUT2D eigenvalue weighted by Crippen LogP contribution is 2.36. The number of aryl methyl sites for hydroxylation is 1. The van der Waals surface area contributed by atoms with E-state index in [2.05, 4.69) is 43.6 Å². The normalized spacial score (nSPS) is 19.6. The van der Waals surface area contributed by atoms with E-state index >= 15 is 0 Å². The first-order chi connectivity index (χ1) is 11.7. The quantitative estimate of drug-likeness (QED) is 0.697. The Balaban J connectivity index is 1.52. The van der Waals surface area contributed by atoms with Crippen LogP contribution in [0.2, 0.25) is 0 Å². The number of furan rings is 1. The van der Waals surface area contributed by atoms with Crippen LogP contribution in [0.5, 0.6) is 0 Å². The molecule has 4 rings (SSSR count). The van der Waals surface area contributed by atoms with Crippen LogP contribution < -0.4 is 5.32 Å². The first-order valence-corrected chi connectivity index (χ1v) is 8.52. The van der Waals surface area contributed by atoms with E-state index in [0.717, 1.165) is 18.4 Å². The third-order valence-electron chi connectivity index (χ3n) is 4.45. The van der Waals surface area contributed by atoms with E-state index in [1.165, 1.54) is 5.56 Å². The second-order valence-electron chi connectivity index (χ2n) is 5.86. The van der Waals surface area contributed by atoms with Gasteiger partial charge in [0.15, 0.2) is 10.4 Å². The van der Waals surface area contributed by atoms with E-state index in [1.54, 1.807) is 12.1 Å². The van der Waals surface area contributed by atoms with Crippen molar-refractivity contribution in [1.82, 2.24) is 15.5 Å². The van der Waals surface area contributed by atoms with Gasteiger partial charge < -0.3 is 13.9 Å². The van der Waals surface area contributed by atoms with Crippen molar-refractivity contribution in [2.45, 2.75) is 24.9 Å². The lowest BCUT2D eigenvalue weighted by molar-refractivity contribution is 0.155. The van der Waals surface area contributed by atoms with Gasteiger partial charge in [0.2, 0.25) is 5.89 Å². The summed E-state index contributed by atoms with van der Waals surface area (Å²) in [5, 5.41) is 21.4. The van der Waals surface area contributed by atoms with Gasteiger partial charge in [-0.3, -0.25) is 5.32 Å². The van der Waals surface area contributed by atoms with Crippen LogP contribution >= 0.6 is 15.9 Å². The fraction of sp³-hybridized carbons (Fsp3) is 0.294. The number of aliphatic hydroxyl groups excluding tert-OH is 1. The van der Waals surface area contributed by atoms with Gasteiger partial charge in [0.05, 0.1) is 18.7 Å². The maximum atomic E-state index is 9.98. The monoisotopic (exact) mass is 389 g/mol. The zero-order valence-corrected chi connectivity index (χ0v) is 14.4. The molecule has 0 fully saturated rings. The van der Waals surface area contributed by atoms with Gasteiger partial charge in [0.25, 0.3) is 5.89 Å². The molecule has 0 radical (unpaired) electrons. The molecule has 0 aliphatic heterocycles. The minimum absolute atomic E-state index is 0.0239. The van der Waals surface area contributed by atoms with Crippen molar-refractivity contribution in [3.8, 4) is 11.7 Å². The summed E-state index contributed by atoms with van der Waals surface area (Å²) in [6.07, 6.45) is 1.79. The molecule has 2 aromatic heterocycles. The summed E-state index contributed by atoms with van der Waals surface area (Å²) in [6.45, 7) is 0.403. The molecule has 2 N–H and O–H groups in total. The number of rotatable bonds is 5. The van der Waals surface area contributed by atoms with E-state index in [0.29, 0.717) is 28.8 Å². The topological polar surface area (TPSA) is 84.3 Å². The maximum absolute atomic E-state index is 9.98. The molecule has 7 heteroatoms. The Morgan fingerprint density at radius 3 is 2.83 bits per heavy atom. The lowest BCUT2D eigenvalue weighted by Gasteiger charge is -2.29. The Bertz CT molecular complexity index is 860. The Kier molecular flexibility index (Phi) is 3.99. The summed E-state index contributed by atoms with van der Waals surface area (Å²) in [5.74, 6) is 1.31. The van der Waals surface area contributed by atoms with E-state index < -0.39 is 5.54 Å². The van der Waals surface area contributed by atoms with Crippen LogP contribution in [0.15, 0.2) is 49.9 Å². The van der Waals surface area contributed by atoms with Gasteiger partial charge in [-0.2, -0.15) is 0 Å². The number of nitrogens with one attached hydrogen (secondary N) is 1. The predicted molar refractivity (Wildman–Crippen MR) is 90.1 cm³/mol. The molecule has 24 heavy (non-hydrogen) atoms. The molecule has 2 heterocycles. The highest BCUT2D eigenvalue weighted by atomic mass is 79.9. The maximum Gasteiger partial charge on any atom is 0.283 e. The van der Waals surface area contributed by atoms with Gasteiger partial charge in [-0.1, -0.05) is 24.3 Å². The number of benzene rings is 1. The summed E-state index contributed by atoms with van der Waals surface area (Å²) >= 11 is 3.25. The molecule has 0 amide bonds. The highest BCUT2D eigenvalue weighted by Gasteiger charge is 2.37. The van der Waals surface area contributed by atoms with Crippen molar-refractivity contribution in [2.24, 2.45) is 0 Å². The van der Waals surface area contributed by atoms with Crippen molar-refractivity contribution in [1.29, 1.82) is 0 Å². The molecule has 6 nitrogen and oxygen atoms in total. The van der Waals surface area contributed by atoms with Crippen LogP contribution in [-0.4, -0.2) is 21.9 Å². The number of halogens is 1. The van der Waals surface area contributed by atoms with Crippen molar-refractivity contribution in [2.75, 3.05) is 6.61 Å². The molecule has 124 valence electrons. The summed E-state index contributed by atoms with van der Waals surface area (Å²) in [4.78, 5) is 0. The molecule has 0 bridgehead atoms. The molecule has 0 unspecified atom stereocenters. The van der Waals surface area contributed by atoms with Gasteiger partial charge in [0.1, 0.15) is 0 Å². The molecule has 0 spiro atoms. The summed E-state index contributed by atoms with van der Waals surface area (Å²) in [6, 6.07) is 11.7. The van der Waals surface area contributed by atoms with E-state index in [4.69, 9.17) is 8.83 Å². The Hall–Kier alpha value is -1.96. The molecule has 1 aliphatic rings. The van der Waals surface area contributed by atoms with Crippen LogP contribution in [0.4, 0.5) is 0 Å². The van der Waals surface area contributed by atoms with Crippen molar-refractivity contribution in [3.63, 3.8) is 0 Å². The zero-order valence-electron chi connectivity index (χ0n) is 12.8. The standard InChI is InChI=1S/C17H16BrN3O3/c18-14-6-5-13(23-14)16-21-20-15(24-16)9-19-17(10-22)8-7-11-3-1-2-4-12(11)17/h1-6,19,22H,7-10H2/t17-/m1/s1. The Labute approximate surface area is 147 Å². The lowest BCUT2D eigenvalue weighted by Crippen LogP contribution is -2.43. The molecule has 0 saturated carbocycles. The van der Waals surface area contributed by atoms with Crippen molar-refractivity contribution in [3.05, 3.63) is 58.1 Å². The van der Waals surface area contributed by atoms with E-state index in [9.17, 15) is 5.11 Å². The largest absolute Gasteiger partial charge is 0.444 e. The van der Waals surface area contributed by atoms with Gasteiger partial charge in [-0.15, -0.1) is 10.2 Å². The van der Waals surface area contributed by atoms with Crippen LogP contribution in [-0.2, 0) is 18.5 Å². The highest BCUT2D eigenvalue weighted by molar-refractivity contribution is 9.10. The van der Waals surface area contributed by atoms with Gasteiger partial charge in [-0.25, -0.2) is 0 Å². The molecule has 1 aromatic carbocycles. The SMILES string of the molecule is OC[C@]1(NCc2nnc(-c3ccc(Br)o3)o2)CCc2ccccc21. The fourth-order valence-electron chi connectivity index (χ4n) is 3.19. The number of nitrogens with zero attached hydrogens (tertiary/aromatic N) is 2. The Morgan fingerprint density at radius 2 is 2.04 bits per heavy atom. The third-order valence-corrected chi connectivity index (χ3v) is 4.88. The average molecular weight is 390 g/mol. The Morgan fingerprint density at radius 1 is 1.17 bits per heavy atom. The van der Waals surface area contributed by atoms with Crippen LogP contribution in [0.3, 0.4) is 0 Å². The molecule has 0 saturated heterocycles. The average Bonchev–Trinajstić information content (AvgIpc) is 3.32. The smallest absolute Gasteiger partial charge is 0.283 e. The van der Waals surface area contributed by atoms with Crippen LogP contribution in [0.25, 0.3) is 11.7 Å². The number of aliphatic hydroxyl groups is 1. The molecule has 1 atom stereocenters. The van der Waals surface area contributed by atoms with Crippen molar-refractivity contribution >= 4 is 15.9 Å².